The van der Waals surface area contributed by atoms with Crippen molar-refractivity contribution in [2.75, 3.05) is 23.7 Å². The minimum Gasteiger partial charge on any atom is -0.391 e. The highest BCUT2D eigenvalue weighted by molar-refractivity contribution is 5.97. The van der Waals surface area contributed by atoms with Crippen molar-refractivity contribution in [2.45, 2.75) is 39.3 Å². The van der Waals surface area contributed by atoms with Crippen molar-refractivity contribution in [2.24, 2.45) is 13.0 Å². The van der Waals surface area contributed by atoms with Gasteiger partial charge in [-0.15, -0.1) is 0 Å². The number of rotatable bonds is 4. The second kappa shape index (κ2) is 6.66. The van der Waals surface area contributed by atoms with Crippen LogP contribution in [0.4, 0.5) is 11.6 Å². The Balaban J connectivity index is 1.89. The lowest BCUT2D eigenvalue weighted by Crippen LogP contribution is -2.26. The third-order valence-electron chi connectivity index (χ3n) is 5.80. The first-order valence-electron chi connectivity index (χ1n) is 9.64. The Kier molecular flexibility index (Phi) is 4.41. The van der Waals surface area contributed by atoms with E-state index in [9.17, 15) is 9.90 Å². The topological polar surface area (TPSA) is 118 Å². The first-order chi connectivity index (χ1) is 13.3. The smallest absolute Gasteiger partial charge is 0.264 e. The van der Waals surface area contributed by atoms with Gasteiger partial charge >= 0.3 is 0 Å². The van der Waals surface area contributed by atoms with Crippen molar-refractivity contribution in [1.82, 2.24) is 24.5 Å². The number of pyridine rings is 1. The lowest BCUT2D eigenvalue weighted by Gasteiger charge is -2.20. The summed E-state index contributed by atoms with van der Waals surface area (Å²) in [6, 6.07) is 1.99. The van der Waals surface area contributed by atoms with E-state index in [0.717, 1.165) is 30.0 Å². The Morgan fingerprint density at radius 1 is 1.36 bits per heavy atom. The maximum absolute atomic E-state index is 13.0. The number of aliphatic hydroxyl groups is 1. The van der Waals surface area contributed by atoms with Gasteiger partial charge in [0.15, 0.2) is 5.82 Å². The Morgan fingerprint density at radius 3 is 2.75 bits per heavy atom. The number of hydrogen-bond donors (Lipinski definition) is 3. The van der Waals surface area contributed by atoms with Crippen LogP contribution in [-0.4, -0.2) is 48.8 Å². The summed E-state index contributed by atoms with van der Waals surface area (Å²) in [6.07, 6.45) is 2.28. The van der Waals surface area contributed by atoms with E-state index < -0.39 is 0 Å². The standard InChI is InChI=1S/C19H27N7O2/c1-10(2)11(3)26-9-13(17-16(19(26)28)18(20)22-21-17)14-7-15(24(4)23-14)25-6-5-12(27)8-25/h7,9-12,27H,5-6,8H2,1-4H3,(H3,20,21,22)/t11?,12-/m0/s1. The van der Waals surface area contributed by atoms with Gasteiger partial charge in [0.1, 0.15) is 11.2 Å². The molecule has 0 spiro atoms. The third kappa shape index (κ3) is 2.86. The van der Waals surface area contributed by atoms with Gasteiger partial charge in [0.05, 0.1) is 17.3 Å². The van der Waals surface area contributed by atoms with E-state index in [1.807, 2.05) is 26.2 Å². The summed E-state index contributed by atoms with van der Waals surface area (Å²) in [5.41, 5.74) is 7.97. The molecule has 1 unspecified atom stereocenters. The maximum Gasteiger partial charge on any atom is 0.264 e. The molecule has 0 aliphatic carbocycles. The molecule has 3 aromatic heterocycles. The van der Waals surface area contributed by atoms with Gasteiger partial charge in [-0.2, -0.15) is 10.2 Å². The maximum atomic E-state index is 13.0. The van der Waals surface area contributed by atoms with Gasteiger partial charge in [0.25, 0.3) is 5.56 Å². The number of nitrogen functional groups attached to an aromatic ring is 1. The van der Waals surface area contributed by atoms with E-state index in [4.69, 9.17) is 5.73 Å². The first kappa shape index (κ1) is 18.5. The van der Waals surface area contributed by atoms with Gasteiger partial charge in [-0.3, -0.25) is 14.6 Å². The molecule has 1 aliphatic heterocycles. The number of fused-ring (bicyclic) bond motifs is 1. The number of hydrogen-bond acceptors (Lipinski definition) is 6. The highest BCUT2D eigenvalue weighted by atomic mass is 16.3. The highest BCUT2D eigenvalue weighted by Gasteiger charge is 2.25. The van der Waals surface area contributed by atoms with Crippen LogP contribution >= 0.6 is 0 Å². The summed E-state index contributed by atoms with van der Waals surface area (Å²) in [6.45, 7) is 7.56. The molecule has 0 amide bonds. The monoisotopic (exact) mass is 385 g/mol. The number of β-amino-alcohol motifs (C(OH)–C–C–N with tert-alkyl or cyclic N) is 1. The summed E-state index contributed by atoms with van der Waals surface area (Å²) >= 11 is 0. The normalized spacial score (nSPS) is 18.5. The van der Waals surface area contributed by atoms with E-state index in [2.05, 4.69) is 34.0 Å². The summed E-state index contributed by atoms with van der Waals surface area (Å²) in [5, 5.41) is 21.9. The zero-order valence-corrected chi connectivity index (χ0v) is 16.7. The average Bonchev–Trinajstić information content (AvgIpc) is 3.34. The van der Waals surface area contributed by atoms with Crippen molar-refractivity contribution >= 4 is 22.5 Å². The fourth-order valence-corrected chi connectivity index (χ4v) is 3.81. The molecule has 1 fully saturated rings. The van der Waals surface area contributed by atoms with E-state index in [0.29, 0.717) is 17.4 Å². The van der Waals surface area contributed by atoms with Crippen LogP contribution in [-0.2, 0) is 7.05 Å². The molecule has 0 aromatic carbocycles. The van der Waals surface area contributed by atoms with Gasteiger partial charge in [-0.25, -0.2) is 0 Å². The second-order valence-corrected chi connectivity index (χ2v) is 8.00. The molecule has 4 N–H and O–H groups in total. The SMILES string of the molecule is CC(C)C(C)n1cc(-c2cc(N3CC[C@H](O)C3)n(C)n2)c2[nH]nc(N)c2c1=O. The Labute approximate surface area is 162 Å². The largest absolute Gasteiger partial charge is 0.391 e. The molecule has 4 heterocycles. The van der Waals surface area contributed by atoms with Crippen LogP contribution in [0.5, 0.6) is 0 Å². The van der Waals surface area contributed by atoms with Crippen LogP contribution in [0.1, 0.15) is 33.2 Å². The molecule has 1 aliphatic rings. The van der Waals surface area contributed by atoms with Gasteiger partial charge < -0.3 is 20.3 Å². The van der Waals surface area contributed by atoms with Gasteiger partial charge in [-0.1, -0.05) is 13.8 Å². The number of aromatic nitrogens is 5. The molecule has 9 nitrogen and oxygen atoms in total. The lowest BCUT2D eigenvalue weighted by molar-refractivity contribution is 0.198. The van der Waals surface area contributed by atoms with E-state index >= 15 is 0 Å². The van der Waals surface area contributed by atoms with Crippen LogP contribution in [0.3, 0.4) is 0 Å². The van der Waals surface area contributed by atoms with Crippen LogP contribution < -0.4 is 16.2 Å². The minimum atomic E-state index is -0.314. The number of aliphatic hydroxyl groups excluding tert-OH is 1. The molecule has 0 radical (unpaired) electrons. The number of aromatic amines is 1. The predicted octanol–water partition coefficient (Wildman–Crippen LogP) is 1.50. The molecule has 0 saturated carbocycles. The van der Waals surface area contributed by atoms with Crippen LogP contribution in [0, 0.1) is 5.92 Å². The van der Waals surface area contributed by atoms with Crippen LogP contribution in [0.25, 0.3) is 22.2 Å². The lowest BCUT2D eigenvalue weighted by atomic mass is 10.0. The molecule has 2 atom stereocenters. The quantitative estimate of drug-likeness (QED) is 0.626. The average molecular weight is 385 g/mol. The van der Waals surface area contributed by atoms with Crippen molar-refractivity contribution in [3.05, 3.63) is 22.6 Å². The molecular weight excluding hydrogens is 358 g/mol. The summed E-state index contributed by atoms with van der Waals surface area (Å²) in [5.74, 6) is 1.41. The van der Waals surface area contributed by atoms with E-state index in [1.54, 1.807) is 9.25 Å². The first-order valence-corrected chi connectivity index (χ1v) is 9.64. The zero-order valence-electron chi connectivity index (χ0n) is 16.7. The molecule has 150 valence electrons. The molecule has 1 saturated heterocycles. The Morgan fingerprint density at radius 2 is 2.11 bits per heavy atom. The Bertz CT molecular complexity index is 1080. The number of anilines is 2. The van der Waals surface area contributed by atoms with Gasteiger partial charge in [-0.05, 0) is 19.3 Å². The third-order valence-corrected chi connectivity index (χ3v) is 5.80. The fraction of sp³-hybridized carbons (Fsp3) is 0.526. The molecule has 3 aromatic rings. The number of H-pyrrole nitrogens is 1. The highest BCUT2D eigenvalue weighted by Crippen LogP contribution is 2.31. The molecule has 28 heavy (non-hydrogen) atoms. The van der Waals surface area contributed by atoms with Crippen molar-refractivity contribution in [1.29, 1.82) is 0 Å². The Hall–Kier alpha value is -2.81. The number of nitrogens with one attached hydrogen (secondary N) is 1. The number of aryl methyl sites for hydroxylation is 1. The number of nitrogens with two attached hydrogens (primary N) is 1. The summed E-state index contributed by atoms with van der Waals surface area (Å²) < 4.78 is 3.53. The molecule has 9 heteroatoms. The summed E-state index contributed by atoms with van der Waals surface area (Å²) in [7, 11) is 1.88. The fourth-order valence-electron chi connectivity index (χ4n) is 3.81. The van der Waals surface area contributed by atoms with Crippen molar-refractivity contribution < 1.29 is 5.11 Å². The molecule has 0 bridgehead atoms. The van der Waals surface area contributed by atoms with Crippen LogP contribution in [0.15, 0.2) is 17.1 Å². The van der Waals surface area contributed by atoms with E-state index in [-0.39, 0.29) is 29.4 Å². The van der Waals surface area contributed by atoms with Crippen LogP contribution in [0.2, 0.25) is 0 Å². The van der Waals surface area contributed by atoms with Crippen molar-refractivity contribution in [3.8, 4) is 11.3 Å². The van der Waals surface area contributed by atoms with E-state index in [1.165, 1.54) is 0 Å². The second-order valence-electron chi connectivity index (χ2n) is 8.00. The zero-order chi connectivity index (χ0) is 20.2. The predicted molar refractivity (Wildman–Crippen MR) is 109 cm³/mol. The molecular formula is C19H27N7O2. The number of nitrogens with zero attached hydrogens (tertiary/aromatic N) is 5. The van der Waals surface area contributed by atoms with Crippen molar-refractivity contribution in [3.63, 3.8) is 0 Å². The van der Waals surface area contributed by atoms with Gasteiger partial charge in [0.2, 0.25) is 0 Å². The molecule has 4 rings (SSSR count). The van der Waals surface area contributed by atoms with Gasteiger partial charge in [0, 0.05) is 44.0 Å². The minimum absolute atomic E-state index is 0.00172. The summed E-state index contributed by atoms with van der Waals surface area (Å²) in [4.78, 5) is 15.1.